The van der Waals surface area contributed by atoms with Crippen molar-refractivity contribution in [3.63, 3.8) is 0 Å². The van der Waals surface area contributed by atoms with E-state index < -0.39 is 21.9 Å². The van der Waals surface area contributed by atoms with E-state index in [2.05, 4.69) is 10.6 Å². The summed E-state index contributed by atoms with van der Waals surface area (Å²) >= 11 is 0.955. The Balaban J connectivity index is 1.66. The maximum atomic E-state index is 12.2. The molecule has 0 aliphatic carbocycles. The summed E-state index contributed by atoms with van der Waals surface area (Å²) in [6, 6.07) is 12.2. The largest absolute Gasteiger partial charge is 0.538 e. The van der Waals surface area contributed by atoms with Crippen molar-refractivity contribution in [2.24, 2.45) is 5.14 Å². The molecule has 0 saturated carbocycles. The number of benzene rings is 2. The molecule has 3 aromatic rings. The lowest BCUT2D eigenvalue weighted by Gasteiger charge is -2.05. The van der Waals surface area contributed by atoms with Gasteiger partial charge in [0.05, 0.1) is 23.0 Å². The molecule has 29 heavy (non-hydrogen) atoms. The second-order valence-corrected chi connectivity index (χ2v) is 8.21. The second-order valence-electron chi connectivity index (χ2n) is 5.68. The van der Waals surface area contributed by atoms with Gasteiger partial charge in [0.1, 0.15) is 5.75 Å². The van der Waals surface area contributed by atoms with Gasteiger partial charge in [-0.15, -0.1) is 0 Å². The molecule has 1 heterocycles. The number of hydrogen-bond acceptors (Lipinski definition) is 8. The molecule has 0 unspecified atom stereocenters. The molecule has 152 valence electrons. The molecule has 2 aromatic carbocycles. The molecule has 0 saturated heterocycles. The van der Waals surface area contributed by atoms with Gasteiger partial charge in [-0.25, -0.2) is 13.6 Å². The zero-order chi connectivity index (χ0) is 21.0. The zero-order valence-corrected chi connectivity index (χ0v) is 16.7. The van der Waals surface area contributed by atoms with Crippen LogP contribution in [0.3, 0.4) is 0 Å². The van der Waals surface area contributed by atoms with Gasteiger partial charge in [0.2, 0.25) is 21.6 Å². The van der Waals surface area contributed by atoms with Crippen molar-refractivity contribution in [1.82, 2.24) is 5.27 Å². The Morgan fingerprint density at radius 2 is 1.90 bits per heavy atom. The van der Waals surface area contributed by atoms with Crippen molar-refractivity contribution >= 4 is 33.4 Å². The minimum absolute atomic E-state index is 0.0640. The van der Waals surface area contributed by atoms with Crippen LogP contribution in [0.1, 0.15) is 0 Å². The summed E-state index contributed by atoms with van der Waals surface area (Å²) in [5.74, 6) is -0.526. The highest BCUT2D eigenvalue weighted by atomic mass is 32.2. The number of hydrogen-bond donors (Lipinski definition) is 2. The van der Waals surface area contributed by atoms with E-state index in [9.17, 15) is 18.3 Å². The average Bonchev–Trinajstić information content (AvgIpc) is 3.06. The summed E-state index contributed by atoms with van der Waals surface area (Å²) in [6.45, 7) is 0. The number of thioether (sulfide) groups is 1. The number of rotatable bonds is 7. The third-order valence-electron chi connectivity index (χ3n) is 3.70. The van der Waals surface area contributed by atoms with Gasteiger partial charge in [-0.05, 0) is 52.8 Å². The molecule has 3 N–H and O–H groups in total. The Bertz CT molecular complexity index is 1110. The second kappa shape index (κ2) is 8.51. The van der Waals surface area contributed by atoms with Gasteiger partial charge in [0.25, 0.3) is 5.03 Å². The Morgan fingerprint density at radius 1 is 1.24 bits per heavy atom. The van der Waals surface area contributed by atoms with Crippen LogP contribution in [0.4, 0.5) is 5.69 Å². The van der Waals surface area contributed by atoms with Crippen molar-refractivity contribution in [2.75, 3.05) is 18.2 Å². The fourth-order valence-electron chi connectivity index (χ4n) is 2.31. The molecule has 0 aliphatic rings. The van der Waals surface area contributed by atoms with Crippen molar-refractivity contribution in [3.05, 3.63) is 48.5 Å². The first kappa shape index (κ1) is 20.6. The van der Waals surface area contributed by atoms with Crippen LogP contribution in [-0.4, -0.2) is 32.5 Å². The molecule has 0 atom stereocenters. The molecule has 0 bridgehead atoms. The lowest BCUT2D eigenvalue weighted by Crippen LogP contribution is -2.35. The Labute approximate surface area is 170 Å². The van der Waals surface area contributed by atoms with Crippen molar-refractivity contribution in [1.29, 1.82) is 0 Å². The zero-order valence-electron chi connectivity index (χ0n) is 15.1. The van der Waals surface area contributed by atoms with E-state index in [1.54, 1.807) is 24.3 Å². The van der Waals surface area contributed by atoms with Crippen LogP contribution in [-0.2, 0) is 14.8 Å². The van der Waals surface area contributed by atoms with Crippen LogP contribution in [0.2, 0.25) is 0 Å². The maximum absolute atomic E-state index is 12.2. The number of methoxy groups -OCH3 is 1. The van der Waals surface area contributed by atoms with Crippen molar-refractivity contribution in [3.8, 4) is 17.4 Å². The Morgan fingerprint density at radius 3 is 2.48 bits per heavy atom. The van der Waals surface area contributed by atoms with E-state index in [-0.39, 0.29) is 15.7 Å². The van der Waals surface area contributed by atoms with E-state index in [0.29, 0.717) is 17.1 Å². The molecule has 0 spiro atoms. The number of carbonyl (C=O) groups excluding carboxylic acids is 1. The Hall–Kier alpha value is -3.09. The van der Waals surface area contributed by atoms with Gasteiger partial charge in [-0.3, -0.25) is 4.79 Å². The number of nitrogens with two attached hydrogens (primary N) is 1. The van der Waals surface area contributed by atoms with Gasteiger partial charge in [-0.1, -0.05) is 0 Å². The highest BCUT2D eigenvalue weighted by molar-refractivity contribution is 7.99. The highest BCUT2D eigenvalue weighted by Gasteiger charge is 2.22. The number of anilines is 1. The average molecular weight is 436 g/mol. The van der Waals surface area contributed by atoms with Crippen molar-refractivity contribution in [2.45, 2.75) is 9.92 Å². The molecule has 1 aromatic heterocycles. The third-order valence-corrected chi connectivity index (χ3v) is 5.64. The number of carbonyl (C=O) groups is 1. The van der Waals surface area contributed by atoms with E-state index in [1.165, 1.54) is 36.1 Å². The van der Waals surface area contributed by atoms with E-state index >= 15 is 0 Å². The molecule has 0 aliphatic heterocycles. The fraction of sp³-hybridized carbons (Fsp3) is 0.118. The summed E-state index contributed by atoms with van der Waals surface area (Å²) in [4.78, 5) is 12.1. The molecule has 3 rings (SSSR count). The molecular formula is C17H16N4O6S2. The highest BCUT2D eigenvalue weighted by Crippen LogP contribution is 2.24. The number of ether oxygens (including phenoxy) is 1. The molecule has 0 radical (unpaired) electrons. The monoisotopic (exact) mass is 436 g/mol. The molecule has 1 amide bonds. The number of amides is 1. The third kappa shape index (κ3) is 5.04. The topological polar surface area (TPSA) is 151 Å². The summed E-state index contributed by atoms with van der Waals surface area (Å²) in [6.07, 6.45) is 0. The first-order valence-corrected chi connectivity index (χ1v) is 10.6. The molecular weight excluding hydrogens is 420 g/mol. The number of sulfonamides is 1. The predicted molar refractivity (Wildman–Crippen MR) is 101 cm³/mol. The number of nitrogens with zero attached hydrogens (tertiary/aromatic N) is 2. The van der Waals surface area contributed by atoms with Crippen LogP contribution < -0.4 is 25.0 Å². The quantitative estimate of drug-likeness (QED) is 0.399. The number of aromatic nitrogens is 2. The first-order valence-electron chi connectivity index (χ1n) is 8.07. The van der Waals surface area contributed by atoms with Gasteiger partial charge in [-0.2, -0.15) is 0 Å². The molecule has 10 nitrogen and oxygen atoms in total. The van der Waals surface area contributed by atoms with Crippen LogP contribution in [0.5, 0.6) is 11.7 Å². The Kier molecular flexibility index (Phi) is 6.06. The summed E-state index contributed by atoms with van der Waals surface area (Å²) in [5, 5.41) is 23.4. The van der Waals surface area contributed by atoms with Gasteiger partial charge in [0.15, 0.2) is 5.95 Å². The summed E-state index contributed by atoms with van der Waals surface area (Å²) in [5.41, 5.74) is 0.955. The minimum Gasteiger partial charge on any atom is -0.538 e. The summed E-state index contributed by atoms with van der Waals surface area (Å²) in [7, 11) is -2.27. The number of nitrogens with one attached hydrogen (secondary N) is 1. The van der Waals surface area contributed by atoms with Gasteiger partial charge >= 0.3 is 0 Å². The van der Waals surface area contributed by atoms with Gasteiger partial charge in [0, 0.05) is 17.8 Å². The lowest BCUT2D eigenvalue weighted by molar-refractivity contribution is -0.705. The standard InChI is InChI=1S/C17H16N4O6S2/c1-26-13-6-4-12(5-7-13)21-16(17(23)27-20-21)28-10-15(22)19-11-2-8-14(9-3-11)29(18,24)25/h2-9H,10H2,1H3,(H3-,18,19,20,22,23,24,25). The van der Waals surface area contributed by atoms with E-state index in [1.807, 2.05) is 0 Å². The van der Waals surface area contributed by atoms with Crippen LogP contribution in [0.15, 0.2) is 63.0 Å². The minimum atomic E-state index is -3.81. The maximum Gasteiger partial charge on any atom is 0.298 e. The number of primary sulfonamides is 1. The SMILES string of the molecule is COc1ccc(-[n+]2noc([O-])c2SCC(=O)Nc2ccc(S(N)(=O)=O)cc2)cc1. The fourth-order valence-corrected chi connectivity index (χ4v) is 3.58. The van der Waals surface area contributed by atoms with Crippen LogP contribution >= 0.6 is 11.8 Å². The predicted octanol–water partition coefficient (Wildman–Crippen LogP) is 0.412. The molecule has 0 fully saturated rings. The molecule has 12 heteroatoms. The normalized spacial score (nSPS) is 11.2. The van der Waals surface area contributed by atoms with Crippen molar-refractivity contribution < 1.29 is 32.3 Å². The van der Waals surface area contributed by atoms with E-state index in [4.69, 9.17) is 14.4 Å². The van der Waals surface area contributed by atoms with Gasteiger partial charge < -0.3 is 19.7 Å². The lowest BCUT2D eigenvalue weighted by atomic mass is 10.3. The van der Waals surface area contributed by atoms with E-state index in [0.717, 1.165) is 11.8 Å². The first-order chi connectivity index (χ1) is 13.8. The smallest absolute Gasteiger partial charge is 0.298 e. The summed E-state index contributed by atoms with van der Waals surface area (Å²) < 4.78 is 33.6. The van der Waals surface area contributed by atoms with Crippen LogP contribution in [0, 0.1) is 0 Å². The van der Waals surface area contributed by atoms with Crippen LogP contribution in [0.25, 0.3) is 5.69 Å².